The first kappa shape index (κ1) is 42.7. The van der Waals surface area contributed by atoms with Crippen molar-refractivity contribution in [3.05, 3.63) is 76.9 Å². The van der Waals surface area contributed by atoms with Crippen molar-refractivity contribution in [2.24, 2.45) is 5.73 Å². The van der Waals surface area contributed by atoms with Crippen molar-refractivity contribution < 1.29 is 77.7 Å². The third-order valence-corrected chi connectivity index (χ3v) is 8.23. The quantitative estimate of drug-likeness (QED) is 0.0322. The van der Waals surface area contributed by atoms with Crippen molar-refractivity contribution in [1.82, 2.24) is 15.0 Å². The molecule has 0 aliphatic carbocycles. The fraction of sp³-hybridized carbons (Fsp3) is 0.432. The second-order valence-electron chi connectivity index (χ2n) is 12.4. The second-order valence-corrected chi connectivity index (χ2v) is 12.4. The summed E-state index contributed by atoms with van der Waals surface area (Å²) in [6.07, 6.45) is -2.82. The van der Waals surface area contributed by atoms with Gasteiger partial charge in [-0.1, -0.05) is 5.21 Å². The molecule has 0 spiro atoms. The number of aromatic hydroxyl groups is 6. The maximum absolute atomic E-state index is 14.2. The number of phenols is 6. The summed E-state index contributed by atoms with van der Waals surface area (Å²) in [5.41, 5.74) is 5.19. The first-order chi connectivity index (χ1) is 27.5. The Labute approximate surface area is 325 Å². The molecule has 0 fully saturated rings. The van der Waals surface area contributed by atoms with E-state index in [0.29, 0.717) is 78.2 Å². The number of benzene rings is 3. The molecule has 19 nitrogen and oxygen atoms in total. The van der Waals surface area contributed by atoms with Gasteiger partial charge in [-0.3, -0.25) is 0 Å². The normalized spacial score (nSPS) is 16.3. The minimum absolute atomic E-state index is 0.0309. The summed E-state index contributed by atoms with van der Waals surface area (Å²) < 4.78 is 60.9. The first-order valence-electron chi connectivity index (χ1n) is 17.8. The molecule has 1 aromatic heterocycles. The number of esters is 1. The summed E-state index contributed by atoms with van der Waals surface area (Å²) in [6, 6.07) is 6.83. The SMILES string of the molecule is NCCOCCOCCOCCOCCOCCn1cc(COC2c3c(O)cc(O)cc3OC(c3cc(O)c(O)c(O)c3)C2OC(=O)c2cc(O)cc(F)c2)nn1. The van der Waals surface area contributed by atoms with Crippen LogP contribution in [-0.2, 0) is 46.3 Å². The van der Waals surface area contributed by atoms with Crippen molar-refractivity contribution in [1.29, 1.82) is 0 Å². The van der Waals surface area contributed by atoms with Crippen molar-refractivity contribution in [2.75, 3.05) is 72.6 Å². The van der Waals surface area contributed by atoms with Gasteiger partial charge in [0.2, 0.25) is 0 Å². The zero-order valence-electron chi connectivity index (χ0n) is 30.7. The van der Waals surface area contributed by atoms with E-state index in [9.17, 15) is 39.8 Å². The molecule has 8 N–H and O–H groups in total. The molecular weight excluding hydrogens is 759 g/mol. The number of carbonyl (C=O) groups excluding carboxylic acids is 1. The lowest BCUT2D eigenvalue weighted by Gasteiger charge is -2.39. The van der Waals surface area contributed by atoms with Crippen LogP contribution in [0.15, 0.2) is 48.7 Å². The van der Waals surface area contributed by atoms with Crippen LogP contribution in [0.1, 0.15) is 39.4 Å². The monoisotopic (exact) mass is 804 g/mol. The van der Waals surface area contributed by atoms with Gasteiger partial charge in [-0.25, -0.2) is 13.9 Å². The van der Waals surface area contributed by atoms with Crippen LogP contribution in [0.4, 0.5) is 4.39 Å². The number of fused-ring (bicyclic) bond motifs is 1. The number of nitrogens with zero attached hydrogens (tertiary/aromatic N) is 3. The summed E-state index contributed by atoms with van der Waals surface area (Å²) in [6.45, 7) is 4.62. The Bertz CT molecular complexity index is 1870. The number of ether oxygens (including phenoxy) is 8. The predicted octanol–water partition coefficient (Wildman–Crippen LogP) is 2.31. The summed E-state index contributed by atoms with van der Waals surface area (Å²) in [4.78, 5) is 13.4. The van der Waals surface area contributed by atoms with E-state index in [2.05, 4.69) is 10.3 Å². The van der Waals surface area contributed by atoms with E-state index in [0.717, 1.165) is 42.5 Å². The van der Waals surface area contributed by atoms with Gasteiger partial charge < -0.3 is 74.3 Å². The third-order valence-electron chi connectivity index (χ3n) is 8.23. The number of phenolic OH excluding ortho intramolecular Hbond substituents is 6. The molecule has 2 heterocycles. The largest absolute Gasteiger partial charge is 0.508 e. The number of carbonyl (C=O) groups is 1. The lowest BCUT2D eigenvalue weighted by Crippen LogP contribution is -2.39. The fourth-order valence-electron chi connectivity index (χ4n) is 5.65. The van der Waals surface area contributed by atoms with Crippen LogP contribution < -0.4 is 10.5 Å². The highest BCUT2D eigenvalue weighted by Gasteiger charge is 2.45. The standard InChI is InChI=1S/C37H45FN4O15/c38-24-13-23(14-26(43)17-24)37(49)57-36-34(22-15-29(46)33(48)30(47)16-22)56-31-19-27(44)18-28(45)32(31)35(36)55-21-25-20-42(41-40-25)2-4-51-6-8-53-10-12-54-11-9-52-7-5-50-3-1-39/h13-20,34-36,43-48H,1-12,21,39H2. The summed E-state index contributed by atoms with van der Waals surface area (Å²) in [5, 5.41) is 70.0. The average Bonchev–Trinajstić information content (AvgIpc) is 3.63. The number of aromatic nitrogens is 3. The third kappa shape index (κ3) is 12.3. The van der Waals surface area contributed by atoms with Crippen molar-refractivity contribution in [3.63, 3.8) is 0 Å². The molecule has 5 rings (SSSR count). The van der Waals surface area contributed by atoms with Crippen LogP contribution in [0.3, 0.4) is 0 Å². The Morgan fingerprint density at radius 3 is 1.96 bits per heavy atom. The number of rotatable bonds is 23. The number of hydrogen-bond donors (Lipinski definition) is 7. The van der Waals surface area contributed by atoms with Gasteiger partial charge in [0.25, 0.3) is 0 Å². The van der Waals surface area contributed by atoms with Gasteiger partial charge in [-0.15, -0.1) is 5.10 Å². The van der Waals surface area contributed by atoms with Crippen molar-refractivity contribution >= 4 is 5.97 Å². The average molecular weight is 805 g/mol. The Morgan fingerprint density at radius 2 is 1.35 bits per heavy atom. The molecule has 20 heteroatoms. The minimum Gasteiger partial charge on any atom is -0.508 e. The number of nitrogens with two attached hydrogens (primary N) is 1. The van der Waals surface area contributed by atoms with E-state index in [4.69, 9.17) is 43.6 Å². The summed E-state index contributed by atoms with van der Waals surface area (Å²) >= 11 is 0. The van der Waals surface area contributed by atoms with Crippen LogP contribution in [0.25, 0.3) is 0 Å². The van der Waals surface area contributed by atoms with E-state index in [-0.39, 0.29) is 35.7 Å². The van der Waals surface area contributed by atoms with Gasteiger partial charge in [0.05, 0.1) is 96.5 Å². The van der Waals surface area contributed by atoms with Crippen molar-refractivity contribution in [3.8, 4) is 40.2 Å². The molecule has 0 saturated carbocycles. The maximum atomic E-state index is 14.2. The molecule has 0 bridgehead atoms. The van der Waals surface area contributed by atoms with E-state index in [1.165, 1.54) is 4.68 Å². The Hall–Kier alpha value is -5.48. The predicted molar refractivity (Wildman–Crippen MR) is 193 cm³/mol. The highest BCUT2D eigenvalue weighted by molar-refractivity contribution is 5.90. The van der Waals surface area contributed by atoms with E-state index in [1.807, 2.05) is 0 Å². The molecule has 3 aromatic carbocycles. The Kier molecular flexibility index (Phi) is 15.8. The van der Waals surface area contributed by atoms with Gasteiger partial charge >= 0.3 is 5.97 Å². The second kappa shape index (κ2) is 21.2. The van der Waals surface area contributed by atoms with Crippen LogP contribution in [-0.4, -0.2) is 130 Å². The van der Waals surface area contributed by atoms with Crippen LogP contribution in [0.2, 0.25) is 0 Å². The van der Waals surface area contributed by atoms with Crippen LogP contribution >= 0.6 is 0 Å². The Morgan fingerprint density at radius 1 is 0.754 bits per heavy atom. The molecule has 1 aliphatic rings. The molecular formula is C37H45FN4O15. The molecule has 0 amide bonds. The molecule has 310 valence electrons. The molecule has 4 aromatic rings. The molecule has 3 atom stereocenters. The summed E-state index contributed by atoms with van der Waals surface area (Å²) in [7, 11) is 0. The number of hydrogen-bond acceptors (Lipinski definition) is 18. The molecule has 3 unspecified atom stereocenters. The van der Waals surface area contributed by atoms with E-state index >= 15 is 0 Å². The van der Waals surface area contributed by atoms with E-state index in [1.54, 1.807) is 6.20 Å². The molecule has 0 radical (unpaired) electrons. The lowest BCUT2D eigenvalue weighted by atomic mass is 9.90. The van der Waals surface area contributed by atoms with Gasteiger partial charge in [-0.2, -0.15) is 0 Å². The Balaban J connectivity index is 1.19. The van der Waals surface area contributed by atoms with Gasteiger partial charge in [0.15, 0.2) is 29.5 Å². The van der Waals surface area contributed by atoms with Gasteiger partial charge in [0.1, 0.15) is 40.6 Å². The van der Waals surface area contributed by atoms with E-state index < -0.39 is 64.6 Å². The molecule has 0 saturated heterocycles. The van der Waals surface area contributed by atoms with Crippen LogP contribution in [0, 0.1) is 5.82 Å². The van der Waals surface area contributed by atoms with Crippen molar-refractivity contribution in [2.45, 2.75) is 31.5 Å². The van der Waals surface area contributed by atoms with Gasteiger partial charge in [0, 0.05) is 30.3 Å². The minimum atomic E-state index is -1.56. The highest BCUT2D eigenvalue weighted by atomic mass is 19.1. The lowest BCUT2D eigenvalue weighted by molar-refractivity contribution is -0.116. The zero-order chi connectivity index (χ0) is 40.7. The molecule has 1 aliphatic heterocycles. The first-order valence-corrected chi connectivity index (χ1v) is 17.8. The van der Waals surface area contributed by atoms with Gasteiger partial charge in [-0.05, 0) is 24.3 Å². The summed E-state index contributed by atoms with van der Waals surface area (Å²) in [5.74, 6) is -5.95. The fourth-order valence-corrected chi connectivity index (χ4v) is 5.65. The molecule has 57 heavy (non-hydrogen) atoms. The number of halogens is 1. The maximum Gasteiger partial charge on any atom is 0.338 e. The van der Waals surface area contributed by atoms with Crippen LogP contribution in [0.5, 0.6) is 40.2 Å². The smallest absolute Gasteiger partial charge is 0.338 e. The zero-order valence-corrected chi connectivity index (χ0v) is 30.7. The topological polar surface area (TPSA) is 269 Å². The highest BCUT2D eigenvalue weighted by Crippen LogP contribution is 2.51.